The Kier molecular flexibility index (Phi) is 5.35. The molecule has 6 rings (SSSR count). The summed E-state index contributed by atoms with van der Waals surface area (Å²) in [5, 5.41) is 0. The van der Waals surface area contributed by atoms with Crippen LogP contribution >= 0.6 is 0 Å². The minimum Gasteiger partial charge on any atom is -0.381 e. The molecule has 162 valence electrons. The molecule has 5 fully saturated rings. The quantitative estimate of drug-likeness (QED) is 0.729. The van der Waals surface area contributed by atoms with Crippen LogP contribution in [-0.2, 0) is 14.9 Å². The number of hydrogen-bond acceptors (Lipinski definition) is 3. The fourth-order valence-corrected chi connectivity index (χ4v) is 7.75. The molecule has 0 radical (unpaired) electrons. The van der Waals surface area contributed by atoms with Gasteiger partial charge in [0.05, 0.1) is 11.5 Å². The summed E-state index contributed by atoms with van der Waals surface area (Å²) in [6, 6.07) is 10.9. The first-order chi connectivity index (χ1) is 14.6. The van der Waals surface area contributed by atoms with Gasteiger partial charge in [-0.05, 0) is 99.0 Å². The van der Waals surface area contributed by atoms with E-state index in [4.69, 9.17) is 10.5 Å². The standard InChI is InChI=1S/C26H36N2O2/c1-30-23-20-11-25(22-5-3-2-4-6-22)12-21(23)14-26(13-20,17-25)24(29)28-16-19-9-7-18(15-27)8-10-19/h2-6,16,18-21,23H,7-15,17,27H2,1H3. The molecule has 0 spiro atoms. The van der Waals surface area contributed by atoms with Crippen LogP contribution in [0.5, 0.6) is 0 Å². The highest BCUT2D eigenvalue weighted by Crippen LogP contribution is 2.66. The largest absolute Gasteiger partial charge is 0.381 e. The number of ether oxygens (including phenoxy) is 1. The zero-order valence-corrected chi connectivity index (χ0v) is 18.3. The summed E-state index contributed by atoms with van der Waals surface area (Å²) in [6.07, 6.45) is 12.0. The Labute approximate surface area is 180 Å². The summed E-state index contributed by atoms with van der Waals surface area (Å²) in [6.45, 7) is 0.789. The number of aliphatic imine (C=N–C) groups is 1. The number of benzene rings is 1. The van der Waals surface area contributed by atoms with Crippen LogP contribution in [0, 0.1) is 29.1 Å². The smallest absolute Gasteiger partial charge is 0.251 e. The average Bonchev–Trinajstić information content (AvgIpc) is 2.78. The van der Waals surface area contributed by atoms with E-state index >= 15 is 0 Å². The summed E-state index contributed by atoms with van der Waals surface area (Å²) < 4.78 is 5.95. The van der Waals surface area contributed by atoms with Crippen LogP contribution in [0.2, 0.25) is 0 Å². The number of carbonyl (C=O) groups excluding carboxylic acids is 1. The molecular formula is C26H36N2O2. The molecule has 0 saturated heterocycles. The van der Waals surface area contributed by atoms with Crippen molar-refractivity contribution in [1.29, 1.82) is 0 Å². The van der Waals surface area contributed by atoms with E-state index in [-0.39, 0.29) is 16.7 Å². The number of nitrogens with two attached hydrogens (primary N) is 1. The highest BCUT2D eigenvalue weighted by atomic mass is 16.5. The minimum atomic E-state index is -0.290. The van der Waals surface area contributed by atoms with Gasteiger partial charge in [-0.25, -0.2) is 4.99 Å². The second-order valence-electron chi connectivity index (χ2n) is 10.7. The lowest BCUT2D eigenvalue weighted by Gasteiger charge is -2.63. The van der Waals surface area contributed by atoms with Gasteiger partial charge in [0.25, 0.3) is 5.91 Å². The Morgan fingerprint density at radius 3 is 2.37 bits per heavy atom. The lowest BCUT2D eigenvalue weighted by Crippen LogP contribution is -2.62. The Morgan fingerprint density at radius 1 is 1.10 bits per heavy atom. The van der Waals surface area contributed by atoms with Crippen molar-refractivity contribution >= 4 is 12.1 Å². The van der Waals surface area contributed by atoms with E-state index in [0.29, 0.717) is 29.8 Å². The summed E-state index contributed by atoms with van der Waals surface area (Å²) in [4.78, 5) is 18.2. The second kappa shape index (κ2) is 7.87. The van der Waals surface area contributed by atoms with Gasteiger partial charge in [-0.1, -0.05) is 30.3 Å². The van der Waals surface area contributed by atoms with Gasteiger partial charge in [0.1, 0.15) is 0 Å². The summed E-state index contributed by atoms with van der Waals surface area (Å²) >= 11 is 0. The molecule has 2 unspecified atom stereocenters. The number of carbonyl (C=O) groups is 1. The van der Waals surface area contributed by atoms with Crippen LogP contribution in [0.15, 0.2) is 35.3 Å². The summed E-state index contributed by atoms with van der Waals surface area (Å²) in [5.74, 6) is 2.18. The third kappa shape index (κ3) is 3.36. The molecule has 1 aromatic carbocycles. The predicted molar refractivity (Wildman–Crippen MR) is 119 cm³/mol. The number of rotatable bonds is 5. The van der Waals surface area contributed by atoms with Crippen molar-refractivity contribution < 1.29 is 9.53 Å². The summed E-state index contributed by atoms with van der Waals surface area (Å²) in [7, 11) is 1.85. The van der Waals surface area contributed by atoms with E-state index in [1.165, 1.54) is 18.4 Å². The Morgan fingerprint density at radius 2 is 1.77 bits per heavy atom. The van der Waals surface area contributed by atoms with Crippen molar-refractivity contribution in [2.24, 2.45) is 39.8 Å². The van der Waals surface area contributed by atoms with Gasteiger partial charge in [-0.3, -0.25) is 4.79 Å². The van der Waals surface area contributed by atoms with Gasteiger partial charge >= 0.3 is 0 Å². The molecular weight excluding hydrogens is 372 g/mol. The molecule has 5 aliphatic rings. The van der Waals surface area contributed by atoms with Gasteiger partial charge in [0.2, 0.25) is 0 Å². The van der Waals surface area contributed by atoms with E-state index in [0.717, 1.165) is 51.5 Å². The van der Waals surface area contributed by atoms with E-state index in [1.807, 2.05) is 13.3 Å². The van der Waals surface area contributed by atoms with Gasteiger partial charge in [-0.2, -0.15) is 0 Å². The normalized spacial score (nSPS) is 42.7. The first-order valence-corrected chi connectivity index (χ1v) is 11.9. The lowest BCUT2D eigenvalue weighted by atomic mass is 9.42. The zero-order valence-electron chi connectivity index (χ0n) is 18.3. The Balaban J connectivity index is 1.38. The molecule has 4 nitrogen and oxygen atoms in total. The molecule has 1 amide bonds. The predicted octanol–water partition coefficient (Wildman–Crippen LogP) is 4.51. The fourth-order valence-electron chi connectivity index (χ4n) is 7.75. The number of amides is 1. The maximum atomic E-state index is 13.6. The van der Waals surface area contributed by atoms with Crippen LogP contribution in [0.1, 0.15) is 63.4 Å². The lowest BCUT2D eigenvalue weighted by molar-refractivity contribution is -0.172. The average molecular weight is 409 g/mol. The van der Waals surface area contributed by atoms with Gasteiger partial charge in [0.15, 0.2) is 0 Å². The SMILES string of the molecule is COC1C2CC3(C(=O)N=CC4CCC(CN)CC4)CC1CC(c1ccccc1)(C2)C3. The molecule has 4 bridgehead atoms. The number of methoxy groups -OCH3 is 1. The Hall–Kier alpha value is -1.52. The first-order valence-electron chi connectivity index (χ1n) is 11.9. The highest BCUT2D eigenvalue weighted by molar-refractivity contribution is 5.90. The van der Waals surface area contributed by atoms with E-state index in [2.05, 4.69) is 35.3 Å². The molecule has 5 aliphatic carbocycles. The number of nitrogens with zero attached hydrogens (tertiary/aromatic N) is 1. The van der Waals surface area contributed by atoms with Crippen LogP contribution in [0.3, 0.4) is 0 Å². The van der Waals surface area contributed by atoms with Crippen molar-refractivity contribution in [3.05, 3.63) is 35.9 Å². The van der Waals surface area contributed by atoms with Crippen molar-refractivity contribution in [1.82, 2.24) is 0 Å². The number of hydrogen-bond donors (Lipinski definition) is 1. The van der Waals surface area contributed by atoms with Crippen molar-refractivity contribution in [2.75, 3.05) is 13.7 Å². The van der Waals surface area contributed by atoms with Gasteiger partial charge < -0.3 is 10.5 Å². The van der Waals surface area contributed by atoms with Crippen molar-refractivity contribution in [2.45, 2.75) is 69.3 Å². The molecule has 30 heavy (non-hydrogen) atoms. The van der Waals surface area contributed by atoms with Crippen LogP contribution in [-0.4, -0.2) is 31.9 Å². The second-order valence-corrected chi connectivity index (χ2v) is 10.7. The third-order valence-electron chi connectivity index (χ3n) is 8.96. The minimum absolute atomic E-state index is 0.118. The molecule has 2 atom stereocenters. The van der Waals surface area contributed by atoms with Crippen LogP contribution < -0.4 is 5.73 Å². The van der Waals surface area contributed by atoms with E-state index in [9.17, 15) is 4.79 Å². The summed E-state index contributed by atoms with van der Waals surface area (Å²) in [5.41, 5.74) is 7.07. The van der Waals surface area contributed by atoms with E-state index < -0.39 is 0 Å². The molecule has 0 aliphatic heterocycles. The van der Waals surface area contributed by atoms with Gasteiger partial charge in [-0.15, -0.1) is 0 Å². The zero-order chi connectivity index (χ0) is 20.8. The molecule has 1 aromatic rings. The molecule has 2 N–H and O–H groups in total. The molecule has 0 heterocycles. The van der Waals surface area contributed by atoms with Crippen molar-refractivity contribution in [3.63, 3.8) is 0 Å². The Bertz CT molecular complexity index is 781. The maximum Gasteiger partial charge on any atom is 0.251 e. The van der Waals surface area contributed by atoms with Crippen LogP contribution in [0.25, 0.3) is 0 Å². The van der Waals surface area contributed by atoms with Crippen LogP contribution in [0.4, 0.5) is 0 Å². The molecule has 0 aromatic heterocycles. The van der Waals surface area contributed by atoms with Gasteiger partial charge in [0, 0.05) is 13.3 Å². The monoisotopic (exact) mass is 408 g/mol. The first kappa shape index (κ1) is 20.4. The highest BCUT2D eigenvalue weighted by Gasteiger charge is 2.64. The fraction of sp³-hybridized carbons (Fsp3) is 0.692. The van der Waals surface area contributed by atoms with E-state index in [1.54, 1.807) is 0 Å². The maximum absolute atomic E-state index is 13.6. The molecule has 4 heteroatoms. The van der Waals surface area contributed by atoms with Crippen molar-refractivity contribution in [3.8, 4) is 0 Å². The third-order valence-corrected chi connectivity index (χ3v) is 8.96. The molecule has 5 saturated carbocycles. The topological polar surface area (TPSA) is 64.7 Å².